The van der Waals surface area contributed by atoms with Crippen LogP contribution in [0.25, 0.3) is 0 Å². The average Bonchev–Trinajstić information content (AvgIpc) is 2.59. The van der Waals surface area contributed by atoms with Crippen LogP contribution in [0.3, 0.4) is 0 Å². The van der Waals surface area contributed by atoms with Gasteiger partial charge in [-0.1, -0.05) is 12.8 Å². The second kappa shape index (κ2) is 5.39. The number of nitrogens with zero attached hydrogens (tertiary/aromatic N) is 3. The summed E-state index contributed by atoms with van der Waals surface area (Å²) in [6.07, 6.45) is 11.4. The van der Waals surface area contributed by atoms with Crippen molar-refractivity contribution in [2.45, 2.75) is 51.0 Å². The number of nitrogens with one attached hydrogen (secondary N) is 1. The van der Waals surface area contributed by atoms with Gasteiger partial charge < -0.3 is 5.32 Å². The predicted molar refractivity (Wildman–Crippen MR) is 71.2 cm³/mol. The number of hydrogen-bond donors (Lipinski definition) is 1. The van der Waals surface area contributed by atoms with E-state index in [9.17, 15) is 0 Å². The van der Waals surface area contributed by atoms with Gasteiger partial charge in [-0.3, -0.25) is 4.68 Å². The molecule has 0 unspecified atom stereocenters. The summed E-state index contributed by atoms with van der Waals surface area (Å²) < 4.78 is 1.78. The fourth-order valence-corrected chi connectivity index (χ4v) is 3.17. The largest absolute Gasteiger partial charge is 0.313 e. The molecule has 0 aliphatic heterocycles. The SMILES string of the molecule is Cn1cnc(CCNC(C2CCC2)C2CCC2)n1. The molecule has 1 heterocycles. The first kappa shape index (κ1) is 12.2. The van der Waals surface area contributed by atoms with Gasteiger partial charge in [0.25, 0.3) is 0 Å². The van der Waals surface area contributed by atoms with E-state index in [-0.39, 0.29) is 0 Å². The zero-order valence-corrected chi connectivity index (χ0v) is 11.3. The zero-order valence-electron chi connectivity index (χ0n) is 11.3. The Kier molecular flexibility index (Phi) is 3.64. The van der Waals surface area contributed by atoms with Gasteiger partial charge in [0.15, 0.2) is 5.82 Å². The molecule has 1 N–H and O–H groups in total. The molecule has 100 valence electrons. The highest BCUT2D eigenvalue weighted by Crippen LogP contribution is 2.39. The highest BCUT2D eigenvalue weighted by molar-refractivity contribution is 4.92. The summed E-state index contributed by atoms with van der Waals surface area (Å²) in [5.74, 6) is 2.87. The summed E-state index contributed by atoms with van der Waals surface area (Å²) in [5, 5.41) is 8.12. The van der Waals surface area contributed by atoms with Crippen molar-refractivity contribution in [1.82, 2.24) is 20.1 Å². The van der Waals surface area contributed by atoms with E-state index < -0.39 is 0 Å². The van der Waals surface area contributed by atoms with Crippen LogP contribution in [-0.4, -0.2) is 27.4 Å². The Balaban J connectivity index is 1.47. The minimum atomic E-state index is 0.774. The molecule has 2 fully saturated rings. The molecule has 0 radical (unpaired) electrons. The van der Waals surface area contributed by atoms with Crippen molar-refractivity contribution in [3.05, 3.63) is 12.2 Å². The van der Waals surface area contributed by atoms with E-state index in [0.717, 1.165) is 36.7 Å². The fraction of sp³-hybridized carbons (Fsp3) is 0.857. The van der Waals surface area contributed by atoms with Crippen molar-refractivity contribution >= 4 is 0 Å². The van der Waals surface area contributed by atoms with E-state index >= 15 is 0 Å². The van der Waals surface area contributed by atoms with Crippen LogP contribution in [0.2, 0.25) is 0 Å². The lowest BCUT2D eigenvalue weighted by Gasteiger charge is -2.43. The van der Waals surface area contributed by atoms with Crippen molar-refractivity contribution in [3.8, 4) is 0 Å². The Morgan fingerprint density at radius 2 is 1.94 bits per heavy atom. The Hall–Kier alpha value is -0.900. The van der Waals surface area contributed by atoms with E-state index in [1.54, 1.807) is 11.0 Å². The summed E-state index contributed by atoms with van der Waals surface area (Å²) in [7, 11) is 1.93. The maximum atomic E-state index is 4.33. The summed E-state index contributed by atoms with van der Waals surface area (Å²) in [5.41, 5.74) is 0. The van der Waals surface area contributed by atoms with Gasteiger partial charge in [0.05, 0.1) is 0 Å². The molecule has 0 aromatic carbocycles. The van der Waals surface area contributed by atoms with E-state index in [0.29, 0.717) is 0 Å². The van der Waals surface area contributed by atoms with Crippen molar-refractivity contribution in [3.63, 3.8) is 0 Å². The lowest BCUT2D eigenvalue weighted by molar-refractivity contribution is 0.124. The molecule has 1 aromatic heterocycles. The molecule has 2 aliphatic rings. The van der Waals surface area contributed by atoms with Gasteiger partial charge in [-0.2, -0.15) is 5.10 Å². The summed E-state index contributed by atoms with van der Waals surface area (Å²) in [6.45, 7) is 1.03. The van der Waals surface area contributed by atoms with Crippen molar-refractivity contribution in [2.75, 3.05) is 6.54 Å². The van der Waals surface area contributed by atoms with E-state index in [2.05, 4.69) is 15.4 Å². The van der Waals surface area contributed by atoms with E-state index in [4.69, 9.17) is 0 Å². The number of hydrogen-bond acceptors (Lipinski definition) is 3. The normalized spacial score (nSPS) is 21.0. The molecular weight excluding hydrogens is 224 g/mol. The van der Waals surface area contributed by atoms with Crippen LogP contribution in [0.4, 0.5) is 0 Å². The highest BCUT2D eigenvalue weighted by Gasteiger charge is 2.35. The lowest BCUT2D eigenvalue weighted by atomic mass is 9.68. The summed E-state index contributed by atoms with van der Waals surface area (Å²) >= 11 is 0. The van der Waals surface area contributed by atoms with Crippen molar-refractivity contribution in [1.29, 1.82) is 0 Å². The first-order valence-electron chi connectivity index (χ1n) is 7.41. The molecular formula is C14H24N4. The molecule has 0 spiro atoms. The maximum absolute atomic E-state index is 4.33. The van der Waals surface area contributed by atoms with Crippen LogP contribution in [0.5, 0.6) is 0 Å². The molecule has 1 aromatic rings. The molecule has 4 heteroatoms. The molecule has 4 nitrogen and oxygen atoms in total. The van der Waals surface area contributed by atoms with Crippen LogP contribution in [0.1, 0.15) is 44.3 Å². The second-order valence-corrected chi connectivity index (χ2v) is 5.95. The van der Waals surface area contributed by atoms with Gasteiger partial charge in [-0.15, -0.1) is 0 Å². The smallest absolute Gasteiger partial charge is 0.151 e. The topological polar surface area (TPSA) is 42.7 Å². The zero-order chi connectivity index (χ0) is 12.4. The molecule has 0 atom stereocenters. The third-order valence-corrected chi connectivity index (χ3v) is 4.69. The van der Waals surface area contributed by atoms with Gasteiger partial charge in [-0.25, -0.2) is 4.98 Å². The average molecular weight is 248 g/mol. The fourth-order valence-electron chi connectivity index (χ4n) is 3.17. The Labute approximate surface area is 109 Å². The molecule has 2 aliphatic carbocycles. The maximum Gasteiger partial charge on any atom is 0.151 e. The Bertz CT molecular complexity index is 365. The predicted octanol–water partition coefficient (Wildman–Crippen LogP) is 1.92. The number of rotatable bonds is 6. The standard InChI is InChI=1S/C14H24N4/c1-18-10-16-13(17-18)8-9-15-14(11-4-2-5-11)12-6-3-7-12/h10-12,14-15H,2-9H2,1H3. The van der Waals surface area contributed by atoms with Crippen LogP contribution in [0.15, 0.2) is 6.33 Å². The Morgan fingerprint density at radius 3 is 2.39 bits per heavy atom. The summed E-state index contributed by atoms with van der Waals surface area (Å²) in [6, 6.07) is 0.774. The molecule has 2 saturated carbocycles. The Morgan fingerprint density at radius 1 is 1.28 bits per heavy atom. The third-order valence-electron chi connectivity index (χ3n) is 4.69. The van der Waals surface area contributed by atoms with Crippen LogP contribution in [0, 0.1) is 11.8 Å². The van der Waals surface area contributed by atoms with Gasteiger partial charge >= 0.3 is 0 Å². The molecule has 0 bridgehead atoms. The van der Waals surface area contributed by atoms with Crippen LogP contribution < -0.4 is 5.32 Å². The first-order chi connectivity index (χ1) is 8.83. The third kappa shape index (κ3) is 2.58. The van der Waals surface area contributed by atoms with Gasteiger partial charge in [0.2, 0.25) is 0 Å². The van der Waals surface area contributed by atoms with Gasteiger partial charge in [0.1, 0.15) is 6.33 Å². The van der Waals surface area contributed by atoms with Crippen LogP contribution in [-0.2, 0) is 13.5 Å². The lowest BCUT2D eigenvalue weighted by Crippen LogP contribution is -2.47. The minimum Gasteiger partial charge on any atom is -0.313 e. The molecule has 3 rings (SSSR count). The molecule has 18 heavy (non-hydrogen) atoms. The molecule has 0 saturated heterocycles. The van der Waals surface area contributed by atoms with Gasteiger partial charge in [0, 0.05) is 26.1 Å². The quantitative estimate of drug-likeness (QED) is 0.836. The van der Waals surface area contributed by atoms with E-state index in [1.165, 1.54) is 38.5 Å². The second-order valence-electron chi connectivity index (χ2n) is 5.95. The van der Waals surface area contributed by atoms with E-state index in [1.807, 2.05) is 7.05 Å². The van der Waals surface area contributed by atoms with Crippen molar-refractivity contribution in [2.24, 2.45) is 18.9 Å². The monoisotopic (exact) mass is 248 g/mol. The van der Waals surface area contributed by atoms with Crippen molar-refractivity contribution < 1.29 is 0 Å². The van der Waals surface area contributed by atoms with Gasteiger partial charge in [-0.05, 0) is 37.5 Å². The number of aryl methyl sites for hydroxylation is 1. The highest BCUT2D eigenvalue weighted by atomic mass is 15.3. The minimum absolute atomic E-state index is 0.774. The number of aromatic nitrogens is 3. The van der Waals surface area contributed by atoms with Crippen LogP contribution >= 0.6 is 0 Å². The molecule has 0 amide bonds. The first-order valence-corrected chi connectivity index (χ1v) is 7.41. The summed E-state index contributed by atoms with van der Waals surface area (Å²) in [4.78, 5) is 4.28.